The minimum atomic E-state index is -3.52. The van der Waals surface area contributed by atoms with Gasteiger partial charge < -0.3 is 10.0 Å². The van der Waals surface area contributed by atoms with Crippen LogP contribution in [-0.4, -0.2) is 54.8 Å². The van der Waals surface area contributed by atoms with Gasteiger partial charge in [-0.05, 0) is 36.4 Å². The van der Waals surface area contributed by atoms with E-state index >= 15 is 0 Å². The van der Waals surface area contributed by atoms with Crippen molar-refractivity contribution in [3.05, 3.63) is 60.2 Å². The molecule has 1 amide bonds. The molecule has 126 valence electrons. The van der Waals surface area contributed by atoms with Crippen LogP contribution in [0.15, 0.2) is 59.5 Å². The van der Waals surface area contributed by atoms with Gasteiger partial charge in [0.2, 0.25) is 10.0 Å². The topological polar surface area (TPSA) is 77.9 Å². The standard InChI is InChI=1S/C17H18N2O4S/c20-15-8-6-14(7-9-15)17(21)18-10-12-19(13-11-18)24(22,23)16-4-2-1-3-5-16/h1-9,20H,10-13H2. The van der Waals surface area contributed by atoms with Crippen molar-refractivity contribution in [2.24, 2.45) is 0 Å². The van der Waals surface area contributed by atoms with Crippen LogP contribution in [-0.2, 0) is 10.0 Å². The average molecular weight is 346 g/mol. The van der Waals surface area contributed by atoms with E-state index in [1.807, 2.05) is 0 Å². The van der Waals surface area contributed by atoms with Crippen molar-refractivity contribution in [2.75, 3.05) is 26.2 Å². The van der Waals surface area contributed by atoms with Crippen LogP contribution < -0.4 is 0 Å². The SMILES string of the molecule is O=C(c1ccc(O)cc1)N1CCN(S(=O)(=O)c2ccccc2)CC1. The third-order valence-corrected chi connectivity index (χ3v) is 5.93. The first kappa shape index (κ1) is 16.5. The van der Waals surface area contributed by atoms with Crippen LogP contribution in [0.3, 0.4) is 0 Å². The van der Waals surface area contributed by atoms with Gasteiger partial charge in [0.1, 0.15) is 5.75 Å². The summed E-state index contributed by atoms with van der Waals surface area (Å²) in [7, 11) is -3.52. The van der Waals surface area contributed by atoms with Crippen molar-refractivity contribution in [2.45, 2.75) is 4.90 Å². The maximum absolute atomic E-state index is 12.6. The number of amides is 1. The normalized spacial score (nSPS) is 16.1. The predicted octanol–water partition coefficient (Wildman–Crippen LogP) is 1.54. The second kappa shape index (κ2) is 6.62. The smallest absolute Gasteiger partial charge is 0.253 e. The number of hydrogen-bond donors (Lipinski definition) is 1. The largest absolute Gasteiger partial charge is 0.508 e. The lowest BCUT2D eigenvalue weighted by Crippen LogP contribution is -2.50. The van der Waals surface area contributed by atoms with E-state index in [4.69, 9.17) is 0 Å². The van der Waals surface area contributed by atoms with Crippen molar-refractivity contribution in [1.82, 2.24) is 9.21 Å². The molecule has 7 heteroatoms. The zero-order chi connectivity index (χ0) is 17.2. The monoisotopic (exact) mass is 346 g/mol. The fraction of sp³-hybridized carbons (Fsp3) is 0.235. The van der Waals surface area contributed by atoms with Crippen molar-refractivity contribution in [3.8, 4) is 5.75 Å². The summed E-state index contributed by atoms with van der Waals surface area (Å²) in [6.45, 7) is 1.21. The van der Waals surface area contributed by atoms with Gasteiger partial charge in [-0.25, -0.2) is 8.42 Å². The first-order chi connectivity index (χ1) is 11.5. The molecule has 1 N–H and O–H groups in total. The summed E-state index contributed by atoms with van der Waals surface area (Å²) in [6, 6.07) is 14.3. The highest BCUT2D eigenvalue weighted by atomic mass is 32.2. The van der Waals surface area contributed by atoms with E-state index in [-0.39, 0.29) is 29.6 Å². The molecule has 2 aromatic rings. The lowest BCUT2D eigenvalue weighted by atomic mass is 10.2. The highest BCUT2D eigenvalue weighted by Crippen LogP contribution is 2.18. The Morgan fingerprint density at radius 3 is 2.04 bits per heavy atom. The Morgan fingerprint density at radius 2 is 1.46 bits per heavy atom. The van der Waals surface area contributed by atoms with Crippen LogP contribution in [0.25, 0.3) is 0 Å². The molecule has 6 nitrogen and oxygen atoms in total. The van der Waals surface area contributed by atoms with Crippen molar-refractivity contribution in [1.29, 1.82) is 0 Å². The molecule has 0 saturated carbocycles. The van der Waals surface area contributed by atoms with Crippen LogP contribution in [0.4, 0.5) is 0 Å². The summed E-state index contributed by atoms with van der Waals surface area (Å²) in [5.74, 6) is -0.0583. The zero-order valence-corrected chi connectivity index (χ0v) is 13.8. The Morgan fingerprint density at radius 1 is 0.875 bits per heavy atom. The lowest BCUT2D eigenvalue weighted by molar-refractivity contribution is 0.0698. The minimum absolute atomic E-state index is 0.102. The van der Waals surface area contributed by atoms with Crippen LogP contribution in [0.5, 0.6) is 5.75 Å². The molecule has 0 aliphatic carbocycles. The number of hydrogen-bond acceptors (Lipinski definition) is 4. The van der Waals surface area contributed by atoms with Crippen molar-refractivity contribution < 1.29 is 18.3 Å². The van der Waals surface area contributed by atoms with Crippen LogP contribution in [0.2, 0.25) is 0 Å². The highest BCUT2D eigenvalue weighted by molar-refractivity contribution is 7.89. The Labute approximate surface area is 141 Å². The number of carbonyl (C=O) groups is 1. The van der Waals surface area contributed by atoms with Gasteiger partial charge in [0, 0.05) is 31.7 Å². The average Bonchev–Trinajstić information content (AvgIpc) is 2.62. The number of sulfonamides is 1. The molecule has 1 heterocycles. The molecule has 2 aromatic carbocycles. The molecule has 3 rings (SSSR count). The molecular formula is C17H18N2O4S. The molecule has 0 spiro atoms. The molecule has 24 heavy (non-hydrogen) atoms. The van der Waals surface area contributed by atoms with Crippen LogP contribution in [0.1, 0.15) is 10.4 Å². The van der Waals surface area contributed by atoms with Crippen LogP contribution >= 0.6 is 0 Å². The molecule has 0 atom stereocenters. The van der Waals surface area contributed by atoms with E-state index in [0.29, 0.717) is 18.7 Å². The summed E-state index contributed by atoms with van der Waals surface area (Å²) in [4.78, 5) is 14.3. The van der Waals surface area contributed by atoms with Crippen molar-refractivity contribution in [3.63, 3.8) is 0 Å². The molecule has 1 aliphatic heterocycles. The van der Waals surface area contributed by atoms with E-state index in [2.05, 4.69) is 0 Å². The summed E-state index contributed by atoms with van der Waals surface area (Å²) < 4.78 is 26.5. The van der Waals surface area contributed by atoms with E-state index in [9.17, 15) is 18.3 Å². The van der Waals surface area contributed by atoms with Crippen LogP contribution in [0, 0.1) is 0 Å². The third kappa shape index (κ3) is 3.27. The Bertz CT molecular complexity index is 811. The third-order valence-electron chi connectivity index (χ3n) is 4.02. The number of aromatic hydroxyl groups is 1. The Hall–Kier alpha value is -2.38. The zero-order valence-electron chi connectivity index (χ0n) is 13.0. The summed E-state index contributed by atoms with van der Waals surface area (Å²) >= 11 is 0. The van der Waals surface area contributed by atoms with Gasteiger partial charge in [-0.15, -0.1) is 0 Å². The maximum Gasteiger partial charge on any atom is 0.253 e. The van der Waals surface area contributed by atoms with E-state index in [1.165, 1.54) is 16.4 Å². The molecule has 1 fully saturated rings. The van der Waals surface area contributed by atoms with Crippen molar-refractivity contribution >= 4 is 15.9 Å². The van der Waals surface area contributed by atoms with Gasteiger partial charge >= 0.3 is 0 Å². The summed E-state index contributed by atoms with van der Waals surface area (Å²) in [5, 5.41) is 9.28. The highest BCUT2D eigenvalue weighted by Gasteiger charge is 2.30. The molecule has 0 radical (unpaired) electrons. The number of benzene rings is 2. The number of piperazine rings is 1. The van der Waals surface area contributed by atoms with E-state index < -0.39 is 10.0 Å². The molecule has 0 unspecified atom stereocenters. The molecule has 0 aromatic heterocycles. The van der Waals surface area contributed by atoms with Gasteiger partial charge in [0.25, 0.3) is 5.91 Å². The summed E-state index contributed by atoms with van der Waals surface area (Å²) in [5.41, 5.74) is 0.479. The maximum atomic E-state index is 12.6. The molecule has 0 bridgehead atoms. The minimum Gasteiger partial charge on any atom is -0.508 e. The fourth-order valence-corrected chi connectivity index (χ4v) is 4.10. The molecule has 1 saturated heterocycles. The first-order valence-corrected chi connectivity index (χ1v) is 9.06. The number of phenolic OH excluding ortho intramolecular Hbond substituents is 1. The van der Waals surface area contributed by atoms with Gasteiger partial charge in [-0.1, -0.05) is 18.2 Å². The number of rotatable bonds is 3. The second-order valence-corrected chi connectivity index (χ2v) is 7.49. The predicted molar refractivity (Wildman–Crippen MR) is 89.2 cm³/mol. The molecule has 1 aliphatic rings. The van der Waals surface area contributed by atoms with Gasteiger partial charge in [-0.2, -0.15) is 4.31 Å². The number of phenols is 1. The van der Waals surface area contributed by atoms with Gasteiger partial charge in [0.15, 0.2) is 0 Å². The quantitative estimate of drug-likeness (QED) is 0.914. The van der Waals surface area contributed by atoms with Gasteiger partial charge in [0.05, 0.1) is 4.90 Å². The lowest BCUT2D eigenvalue weighted by Gasteiger charge is -2.34. The Balaban J connectivity index is 1.67. The Kier molecular flexibility index (Phi) is 4.55. The number of nitrogens with zero attached hydrogens (tertiary/aromatic N) is 2. The first-order valence-electron chi connectivity index (χ1n) is 7.62. The summed E-state index contributed by atoms with van der Waals surface area (Å²) in [6.07, 6.45) is 0. The van der Waals surface area contributed by atoms with E-state index in [0.717, 1.165) is 0 Å². The number of carbonyl (C=O) groups excluding carboxylic acids is 1. The molecular weight excluding hydrogens is 328 g/mol. The fourth-order valence-electron chi connectivity index (χ4n) is 2.66. The van der Waals surface area contributed by atoms with E-state index in [1.54, 1.807) is 47.4 Å². The van der Waals surface area contributed by atoms with Gasteiger partial charge in [-0.3, -0.25) is 4.79 Å². The second-order valence-electron chi connectivity index (χ2n) is 5.56.